The van der Waals surface area contributed by atoms with Gasteiger partial charge < -0.3 is 4.42 Å². The van der Waals surface area contributed by atoms with E-state index in [0.29, 0.717) is 5.84 Å². The number of nitrogens with one attached hydrogen (secondary N) is 1. The molecule has 5 heteroatoms. The van der Waals surface area contributed by atoms with Crippen molar-refractivity contribution in [2.75, 3.05) is 0 Å². The monoisotopic (exact) mass is 139 g/mol. The van der Waals surface area contributed by atoms with Gasteiger partial charge in [-0.15, -0.1) is 4.98 Å². The molecule has 10 heavy (non-hydrogen) atoms. The average molecular weight is 139 g/mol. The number of rotatable bonds is 0. The van der Waals surface area contributed by atoms with Crippen LogP contribution in [0.1, 0.15) is 5.76 Å². The lowest BCUT2D eigenvalue weighted by Crippen LogP contribution is -2.01. The van der Waals surface area contributed by atoms with Gasteiger partial charge in [0.25, 0.3) is 0 Å². The first-order valence-electron chi connectivity index (χ1n) is 2.80. The molecule has 0 fully saturated rings. The minimum Gasteiger partial charge on any atom is -0.427 e. The number of aryl methyl sites for hydroxylation is 1. The first kappa shape index (κ1) is 5.28. The maximum absolute atomic E-state index is 10.5. The Morgan fingerprint density at radius 3 is 3.30 bits per heavy atom. The summed E-state index contributed by atoms with van der Waals surface area (Å²) in [7, 11) is 0. The van der Waals surface area contributed by atoms with Crippen molar-refractivity contribution >= 4 is 5.84 Å². The molecule has 2 rings (SSSR count). The Labute approximate surface area is 55.3 Å². The zero-order chi connectivity index (χ0) is 7.14. The molecule has 2 aromatic heterocycles. The normalized spacial score (nSPS) is 10.9. The molecule has 0 saturated heterocycles. The van der Waals surface area contributed by atoms with Crippen molar-refractivity contribution in [2.45, 2.75) is 6.92 Å². The van der Waals surface area contributed by atoms with Crippen LogP contribution < -0.4 is 5.69 Å². The van der Waals surface area contributed by atoms with Gasteiger partial charge in [0.1, 0.15) is 5.76 Å². The fourth-order valence-corrected chi connectivity index (χ4v) is 0.828. The molecule has 2 heterocycles. The Bertz CT molecular complexity index is 373. The molecule has 0 aliphatic heterocycles. The topological polar surface area (TPSA) is 63.3 Å². The molecule has 2 aromatic rings. The molecule has 0 aliphatic carbocycles. The first-order valence-corrected chi connectivity index (χ1v) is 2.80. The maximum Gasteiger partial charge on any atom is 0.364 e. The third-order valence-electron chi connectivity index (χ3n) is 1.18. The Balaban J connectivity index is 2.95. The van der Waals surface area contributed by atoms with Gasteiger partial charge in [-0.2, -0.15) is 0 Å². The van der Waals surface area contributed by atoms with Gasteiger partial charge in [0, 0.05) is 0 Å². The number of H-pyrrole nitrogens is 1. The Hall–Kier alpha value is -1.52. The molecule has 0 atom stereocenters. The van der Waals surface area contributed by atoms with Crippen LogP contribution >= 0.6 is 0 Å². The van der Waals surface area contributed by atoms with Gasteiger partial charge in [0.2, 0.25) is 0 Å². The van der Waals surface area contributed by atoms with Crippen molar-refractivity contribution < 1.29 is 4.42 Å². The quantitative estimate of drug-likeness (QED) is 0.555. The molecule has 5 nitrogen and oxygen atoms in total. The summed E-state index contributed by atoms with van der Waals surface area (Å²) in [5.41, 5.74) is -0.390. The van der Waals surface area contributed by atoms with E-state index in [1.165, 1.54) is 4.52 Å². The summed E-state index contributed by atoms with van der Waals surface area (Å²) in [5.74, 6) is 1.03. The van der Waals surface area contributed by atoms with Crippen molar-refractivity contribution in [3.8, 4) is 0 Å². The van der Waals surface area contributed by atoms with Gasteiger partial charge >= 0.3 is 11.5 Å². The van der Waals surface area contributed by atoms with Crippen LogP contribution in [0.25, 0.3) is 5.84 Å². The number of aromatic nitrogens is 3. The van der Waals surface area contributed by atoms with Crippen molar-refractivity contribution in [3.63, 3.8) is 0 Å². The van der Waals surface area contributed by atoms with Crippen LogP contribution in [0.15, 0.2) is 15.4 Å². The highest BCUT2D eigenvalue weighted by atomic mass is 16.4. The van der Waals surface area contributed by atoms with Gasteiger partial charge in [-0.05, 0) is 6.92 Å². The highest BCUT2D eigenvalue weighted by Gasteiger charge is 2.00. The summed E-state index contributed by atoms with van der Waals surface area (Å²) < 4.78 is 6.45. The Kier molecular flexibility index (Phi) is 0.791. The van der Waals surface area contributed by atoms with Crippen molar-refractivity contribution in [1.82, 2.24) is 14.6 Å². The molecule has 0 saturated carbocycles. The SMILES string of the molecule is Cc1cn2[nH]c(=O)nc2o1. The van der Waals surface area contributed by atoms with E-state index in [4.69, 9.17) is 4.42 Å². The van der Waals surface area contributed by atoms with Crippen molar-refractivity contribution in [1.29, 1.82) is 0 Å². The van der Waals surface area contributed by atoms with E-state index in [-0.39, 0.29) is 0 Å². The molecule has 52 valence electrons. The molecule has 0 aliphatic rings. The summed E-state index contributed by atoms with van der Waals surface area (Å²) in [4.78, 5) is 14.0. The molecule has 1 N–H and O–H groups in total. The van der Waals surface area contributed by atoms with Crippen LogP contribution in [0.5, 0.6) is 0 Å². The number of oxazole rings is 1. The second kappa shape index (κ2) is 1.50. The first-order chi connectivity index (χ1) is 4.75. The number of aromatic amines is 1. The van der Waals surface area contributed by atoms with Crippen molar-refractivity contribution in [3.05, 3.63) is 22.4 Å². The van der Waals surface area contributed by atoms with E-state index in [0.717, 1.165) is 5.76 Å². The maximum atomic E-state index is 10.5. The average Bonchev–Trinajstić information content (AvgIpc) is 2.21. The zero-order valence-corrected chi connectivity index (χ0v) is 5.29. The second-order valence-electron chi connectivity index (χ2n) is 2.02. The molecule has 0 radical (unpaired) electrons. The fraction of sp³-hybridized carbons (Fsp3) is 0.200. The van der Waals surface area contributed by atoms with E-state index in [9.17, 15) is 4.79 Å². The van der Waals surface area contributed by atoms with Crippen LogP contribution in [-0.4, -0.2) is 14.6 Å². The van der Waals surface area contributed by atoms with E-state index in [2.05, 4.69) is 10.1 Å². The number of fused-ring (bicyclic) bond motifs is 1. The summed E-state index contributed by atoms with van der Waals surface area (Å²) in [6, 6.07) is 0. The standard InChI is InChI=1S/C5H5N3O2/c1-3-2-8-5(10-3)6-4(9)7-8/h2H,1H3,(H,7,9). The van der Waals surface area contributed by atoms with Crippen LogP contribution in [0, 0.1) is 6.92 Å². The Morgan fingerprint density at radius 1 is 1.80 bits per heavy atom. The largest absolute Gasteiger partial charge is 0.427 e. The van der Waals surface area contributed by atoms with E-state index in [1.807, 2.05) is 0 Å². The van der Waals surface area contributed by atoms with Crippen molar-refractivity contribution in [2.24, 2.45) is 0 Å². The molecule has 0 bridgehead atoms. The van der Waals surface area contributed by atoms with Gasteiger partial charge in [0.05, 0.1) is 6.20 Å². The van der Waals surface area contributed by atoms with E-state index < -0.39 is 5.69 Å². The minimum absolute atomic E-state index is 0.308. The van der Waals surface area contributed by atoms with Gasteiger partial charge in [-0.25, -0.2) is 14.4 Å². The Morgan fingerprint density at radius 2 is 2.60 bits per heavy atom. The third kappa shape index (κ3) is 0.570. The third-order valence-corrected chi connectivity index (χ3v) is 1.18. The molecule has 0 unspecified atom stereocenters. The highest BCUT2D eigenvalue weighted by Crippen LogP contribution is 2.01. The second-order valence-corrected chi connectivity index (χ2v) is 2.02. The van der Waals surface area contributed by atoms with Gasteiger partial charge in [-0.1, -0.05) is 0 Å². The number of hydrogen-bond donors (Lipinski definition) is 1. The molecule has 0 amide bonds. The summed E-state index contributed by atoms with van der Waals surface area (Å²) >= 11 is 0. The van der Waals surface area contributed by atoms with E-state index >= 15 is 0 Å². The molecular weight excluding hydrogens is 134 g/mol. The minimum atomic E-state index is -0.390. The lowest BCUT2D eigenvalue weighted by atomic mass is 10.6. The molecule has 0 spiro atoms. The van der Waals surface area contributed by atoms with Crippen LogP contribution in [0.3, 0.4) is 0 Å². The summed E-state index contributed by atoms with van der Waals surface area (Å²) in [6.07, 6.45) is 1.66. The number of hydrogen-bond acceptors (Lipinski definition) is 3. The lowest BCUT2D eigenvalue weighted by molar-refractivity contribution is 0.561. The lowest BCUT2D eigenvalue weighted by Gasteiger charge is -1.70. The van der Waals surface area contributed by atoms with Crippen LogP contribution in [-0.2, 0) is 0 Å². The zero-order valence-electron chi connectivity index (χ0n) is 5.29. The number of nitrogens with zero attached hydrogens (tertiary/aromatic N) is 2. The van der Waals surface area contributed by atoms with E-state index in [1.54, 1.807) is 13.1 Å². The van der Waals surface area contributed by atoms with Crippen LogP contribution in [0.4, 0.5) is 0 Å². The van der Waals surface area contributed by atoms with Crippen LogP contribution in [0.2, 0.25) is 0 Å². The molecular formula is C5H5N3O2. The van der Waals surface area contributed by atoms with Gasteiger partial charge in [0.15, 0.2) is 0 Å². The summed E-state index contributed by atoms with van der Waals surface area (Å²) in [5, 5.41) is 2.44. The smallest absolute Gasteiger partial charge is 0.364 e. The van der Waals surface area contributed by atoms with Gasteiger partial charge in [-0.3, -0.25) is 0 Å². The molecule has 0 aromatic carbocycles. The predicted octanol–water partition coefficient (Wildman–Crippen LogP) is -0.0760. The predicted molar refractivity (Wildman–Crippen MR) is 32.8 cm³/mol. The highest BCUT2D eigenvalue weighted by molar-refractivity contribution is 5.19. The fourth-order valence-electron chi connectivity index (χ4n) is 0.828. The summed E-state index contributed by atoms with van der Waals surface area (Å²) in [6.45, 7) is 1.78.